The largest absolute Gasteiger partial charge is 0.480 e. The number of hydrogen-bond acceptors (Lipinski definition) is 9. The maximum atomic E-state index is 13.4. The highest BCUT2D eigenvalue weighted by Crippen LogP contribution is 2.25. The molecule has 0 fully saturated rings. The minimum Gasteiger partial charge on any atom is -0.480 e. The number of hydrogen-bond donors (Lipinski definition) is 7. The molecule has 0 saturated carbocycles. The number of nitrogens with zero attached hydrogens (tertiary/aromatic N) is 2. The van der Waals surface area contributed by atoms with Crippen LogP contribution >= 0.6 is 0 Å². The van der Waals surface area contributed by atoms with Gasteiger partial charge in [-0.2, -0.15) is 4.98 Å². The second-order valence-electron chi connectivity index (χ2n) is 7.66. The standard InChI is InChI=1S/C20H24FN7O6/c1-28-11(8-24-15-14(28)17(30)27-20(22)26-15)7-23-10-4-2-9(3-5-10)16(29)25-13(19(33)34)6-12(21)18(31)32/h2-5,11-13,23H,6-8H2,1H3,(H,25,29)(H,31,32)(H,33,34)(H4,22,24,26,27,30)/t11-,12?,13+/m1/s1. The number of nitrogens with two attached hydrogens (primary N) is 1. The van der Waals surface area contributed by atoms with Crippen molar-refractivity contribution in [3.05, 3.63) is 40.2 Å². The van der Waals surface area contributed by atoms with Gasteiger partial charge in [0.1, 0.15) is 11.7 Å². The predicted molar refractivity (Wildman–Crippen MR) is 121 cm³/mol. The first-order valence-corrected chi connectivity index (χ1v) is 10.2. The topological polar surface area (TPSA) is 203 Å². The molecule has 1 amide bonds. The number of aliphatic carboxylic acids is 2. The fourth-order valence-electron chi connectivity index (χ4n) is 3.42. The van der Waals surface area contributed by atoms with Crippen molar-refractivity contribution in [2.24, 2.45) is 0 Å². The molecule has 3 atom stereocenters. The number of carboxylic acid groups (broad SMARTS) is 2. The summed E-state index contributed by atoms with van der Waals surface area (Å²) in [6, 6.07) is 4.27. The van der Waals surface area contributed by atoms with Gasteiger partial charge in [-0.15, -0.1) is 0 Å². The number of aromatic nitrogens is 2. The maximum absolute atomic E-state index is 13.4. The smallest absolute Gasteiger partial charge is 0.338 e. The molecule has 1 unspecified atom stereocenters. The van der Waals surface area contributed by atoms with Crippen molar-refractivity contribution < 1.29 is 29.0 Å². The molecule has 1 aromatic heterocycles. The average molecular weight is 477 g/mol. The number of H-pyrrole nitrogens is 1. The fraction of sp³-hybridized carbons (Fsp3) is 0.350. The number of anilines is 4. The Balaban J connectivity index is 1.59. The highest BCUT2D eigenvalue weighted by molar-refractivity contribution is 5.97. The number of benzene rings is 1. The molecule has 34 heavy (non-hydrogen) atoms. The van der Waals surface area contributed by atoms with E-state index in [1.807, 2.05) is 0 Å². The monoisotopic (exact) mass is 477 g/mol. The quantitative estimate of drug-likeness (QED) is 0.250. The normalized spacial score (nSPS) is 16.5. The lowest BCUT2D eigenvalue weighted by atomic mass is 10.1. The molecule has 1 aromatic carbocycles. The number of alkyl halides is 1. The number of fused-ring (bicyclic) bond motifs is 1. The zero-order chi connectivity index (χ0) is 25.0. The summed E-state index contributed by atoms with van der Waals surface area (Å²) in [6.07, 6.45) is -3.32. The molecule has 0 spiro atoms. The number of carbonyl (C=O) groups is 3. The number of aromatic amines is 1. The summed E-state index contributed by atoms with van der Waals surface area (Å²) in [5, 5.41) is 26.1. The summed E-state index contributed by atoms with van der Waals surface area (Å²) >= 11 is 0. The Kier molecular flexibility index (Phi) is 7.18. The van der Waals surface area contributed by atoms with Crippen LogP contribution < -0.4 is 32.1 Å². The van der Waals surface area contributed by atoms with Crippen molar-refractivity contribution in [2.75, 3.05) is 41.4 Å². The molecule has 3 rings (SSSR count). The van der Waals surface area contributed by atoms with Gasteiger partial charge in [-0.1, -0.05) is 0 Å². The van der Waals surface area contributed by atoms with Crippen LogP contribution in [0.3, 0.4) is 0 Å². The van der Waals surface area contributed by atoms with Gasteiger partial charge < -0.3 is 36.8 Å². The molecule has 2 heterocycles. The summed E-state index contributed by atoms with van der Waals surface area (Å²) < 4.78 is 13.4. The zero-order valence-electron chi connectivity index (χ0n) is 18.0. The number of carboxylic acids is 2. The maximum Gasteiger partial charge on any atom is 0.338 e. The minimum atomic E-state index is -2.42. The van der Waals surface area contributed by atoms with Crippen LogP contribution in [-0.4, -0.2) is 76.4 Å². The number of halogens is 1. The molecular weight excluding hydrogens is 453 g/mol. The van der Waals surface area contributed by atoms with Gasteiger partial charge in [0.2, 0.25) is 5.95 Å². The van der Waals surface area contributed by atoms with Gasteiger partial charge in [-0.3, -0.25) is 14.6 Å². The molecule has 1 aliphatic heterocycles. The van der Waals surface area contributed by atoms with Crippen molar-refractivity contribution in [3.8, 4) is 0 Å². The molecule has 0 radical (unpaired) electrons. The first kappa shape index (κ1) is 24.3. The van der Waals surface area contributed by atoms with Gasteiger partial charge in [-0.05, 0) is 24.3 Å². The van der Waals surface area contributed by atoms with Gasteiger partial charge in [0.15, 0.2) is 12.0 Å². The number of carbonyl (C=O) groups excluding carboxylic acids is 1. The van der Waals surface area contributed by atoms with Crippen molar-refractivity contribution >= 4 is 41.0 Å². The van der Waals surface area contributed by atoms with Crippen LogP contribution in [0.4, 0.5) is 27.5 Å². The lowest BCUT2D eigenvalue weighted by molar-refractivity contribution is -0.145. The first-order valence-electron chi connectivity index (χ1n) is 10.2. The Morgan fingerprint density at radius 3 is 2.56 bits per heavy atom. The fourth-order valence-corrected chi connectivity index (χ4v) is 3.42. The van der Waals surface area contributed by atoms with Crippen LogP contribution in [0.25, 0.3) is 0 Å². The van der Waals surface area contributed by atoms with Gasteiger partial charge >= 0.3 is 11.9 Å². The third kappa shape index (κ3) is 5.51. The van der Waals surface area contributed by atoms with Crippen molar-refractivity contribution in [1.82, 2.24) is 15.3 Å². The Labute approximate surface area is 192 Å². The van der Waals surface area contributed by atoms with Crippen LogP contribution in [0, 0.1) is 0 Å². The second-order valence-corrected chi connectivity index (χ2v) is 7.66. The molecule has 2 aromatic rings. The highest BCUT2D eigenvalue weighted by Gasteiger charge is 2.29. The van der Waals surface area contributed by atoms with E-state index in [1.54, 1.807) is 24.1 Å². The average Bonchev–Trinajstić information content (AvgIpc) is 2.77. The molecule has 8 N–H and O–H groups in total. The van der Waals surface area contributed by atoms with Crippen LogP contribution in [0.2, 0.25) is 0 Å². The zero-order valence-corrected chi connectivity index (χ0v) is 18.0. The molecule has 0 aliphatic carbocycles. The van der Waals surface area contributed by atoms with Crippen LogP contribution in [0.5, 0.6) is 0 Å². The number of nitrogens with one attached hydrogen (secondary N) is 4. The Hall–Kier alpha value is -4.36. The van der Waals surface area contributed by atoms with Gasteiger partial charge in [0, 0.05) is 37.8 Å². The lowest BCUT2D eigenvalue weighted by Gasteiger charge is -2.35. The van der Waals surface area contributed by atoms with Crippen LogP contribution in [0.1, 0.15) is 16.8 Å². The summed E-state index contributed by atoms with van der Waals surface area (Å²) in [6.45, 7) is 0.932. The van der Waals surface area contributed by atoms with E-state index >= 15 is 0 Å². The van der Waals surface area contributed by atoms with Crippen molar-refractivity contribution in [3.63, 3.8) is 0 Å². The van der Waals surface area contributed by atoms with Gasteiger partial charge in [0.25, 0.3) is 11.5 Å². The van der Waals surface area contributed by atoms with E-state index in [4.69, 9.17) is 15.9 Å². The molecule has 0 saturated heterocycles. The van der Waals surface area contributed by atoms with E-state index in [-0.39, 0.29) is 23.1 Å². The third-order valence-electron chi connectivity index (χ3n) is 5.32. The minimum absolute atomic E-state index is 0.0198. The molecule has 182 valence electrons. The van der Waals surface area contributed by atoms with Crippen LogP contribution in [0.15, 0.2) is 29.1 Å². The van der Waals surface area contributed by atoms with E-state index in [0.29, 0.717) is 30.3 Å². The SMILES string of the molecule is CN1c2c(nc(N)[nH]c2=O)NC[C@H]1CNc1ccc(C(=O)N[C@@H](CC(F)C(=O)O)C(=O)O)cc1. The van der Waals surface area contributed by atoms with E-state index in [2.05, 4.69) is 25.9 Å². The number of likely N-dealkylation sites (N-methyl/N-ethyl adjacent to an activating group) is 1. The lowest BCUT2D eigenvalue weighted by Crippen LogP contribution is -2.48. The molecule has 1 aliphatic rings. The molecular formula is C20H24FN7O6. The van der Waals surface area contributed by atoms with E-state index in [1.165, 1.54) is 12.1 Å². The summed E-state index contributed by atoms with van der Waals surface area (Å²) in [7, 11) is 1.76. The van der Waals surface area contributed by atoms with E-state index in [0.717, 1.165) is 0 Å². The Morgan fingerprint density at radius 2 is 1.94 bits per heavy atom. The Morgan fingerprint density at radius 1 is 1.26 bits per heavy atom. The summed E-state index contributed by atoms with van der Waals surface area (Å²) in [5.74, 6) is -3.71. The van der Waals surface area contributed by atoms with E-state index in [9.17, 15) is 23.6 Å². The number of nitrogen functional groups attached to an aromatic ring is 1. The molecule has 0 bridgehead atoms. The number of amides is 1. The number of rotatable bonds is 9. The molecule has 13 nitrogen and oxygen atoms in total. The van der Waals surface area contributed by atoms with Crippen molar-refractivity contribution in [2.45, 2.75) is 24.7 Å². The molecule has 14 heteroatoms. The first-order chi connectivity index (χ1) is 16.1. The second kappa shape index (κ2) is 10.1. The van der Waals surface area contributed by atoms with Crippen LogP contribution in [-0.2, 0) is 9.59 Å². The van der Waals surface area contributed by atoms with Crippen molar-refractivity contribution in [1.29, 1.82) is 0 Å². The van der Waals surface area contributed by atoms with E-state index < -0.39 is 36.5 Å². The summed E-state index contributed by atoms with van der Waals surface area (Å²) in [4.78, 5) is 54.7. The predicted octanol–water partition coefficient (Wildman–Crippen LogP) is -0.310. The summed E-state index contributed by atoms with van der Waals surface area (Å²) in [5.41, 5.74) is 6.35. The highest BCUT2D eigenvalue weighted by atomic mass is 19.1. The van der Waals surface area contributed by atoms with Gasteiger partial charge in [-0.25, -0.2) is 14.0 Å². The Bertz CT molecular complexity index is 1140. The third-order valence-corrected chi connectivity index (χ3v) is 5.32. The van der Waals surface area contributed by atoms with Gasteiger partial charge in [0.05, 0.1) is 6.04 Å².